The minimum absolute atomic E-state index is 0.158. The molecule has 2 N–H and O–H groups in total. The number of aromatic amines is 1. The summed E-state index contributed by atoms with van der Waals surface area (Å²) < 4.78 is 25.8. The number of nitrogens with zero attached hydrogens (tertiary/aromatic N) is 3. The number of anilines is 1. The summed E-state index contributed by atoms with van der Waals surface area (Å²) in [6.45, 7) is 0.158. The number of halogens is 1. The summed E-state index contributed by atoms with van der Waals surface area (Å²) in [5.74, 6) is 0.366. The van der Waals surface area contributed by atoms with Crippen LogP contribution in [0.25, 0.3) is 0 Å². The molecule has 0 saturated heterocycles. The maximum Gasteiger partial charge on any atom is 0.245 e. The van der Waals surface area contributed by atoms with Crippen LogP contribution < -0.4 is 5.32 Å². The Hall–Kier alpha value is -2.40. The minimum Gasteiger partial charge on any atom is -0.293 e. The second-order valence-corrected chi connectivity index (χ2v) is 10.5. The number of nitrogens with one attached hydrogen (secondary N) is 2. The highest BCUT2D eigenvalue weighted by Crippen LogP contribution is 2.26. The van der Waals surface area contributed by atoms with Crippen LogP contribution in [0.2, 0.25) is 5.02 Å². The molecule has 0 fully saturated rings. The standard InChI is InChI=1S/C20H20ClN5O3S2/c1-31(28,29)26-11-15-5-3-2-4-14(15)10-17(26)18(27)22-19-23-20(25-24-19)30-12-13-6-8-16(21)9-7-13/h2-9,17H,10-12H2,1H3,(H2,22,23,24,25,27). The Balaban J connectivity index is 1.44. The maximum absolute atomic E-state index is 12.9. The van der Waals surface area contributed by atoms with Gasteiger partial charge in [0.15, 0.2) is 0 Å². The summed E-state index contributed by atoms with van der Waals surface area (Å²) in [7, 11) is -3.58. The second kappa shape index (κ2) is 8.99. The predicted molar refractivity (Wildman–Crippen MR) is 120 cm³/mol. The molecule has 31 heavy (non-hydrogen) atoms. The average Bonchev–Trinajstić information content (AvgIpc) is 3.19. The Bertz CT molecular complexity index is 1200. The second-order valence-electron chi connectivity index (χ2n) is 7.17. The number of benzene rings is 2. The predicted octanol–water partition coefficient (Wildman–Crippen LogP) is 3.08. The van der Waals surface area contributed by atoms with E-state index in [1.54, 1.807) is 0 Å². The van der Waals surface area contributed by atoms with E-state index in [0.29, 0.717) is 22.4 Å². The highest BCUT2D eigenvalue weighted by atomic mass is 35.5. The normalized spacial score (nSPS) is 16.6. The van der Waals surface area contributed by atoms with Gasteiger partial charge in [-0.1, -0.05) is 59.8 Å². The van der Waals surface area contributed by atoms with Gasteiger partial charge in [0.1, 0.15) is 6.04 Å². The zero-order valence-corrected chi connectivity index (χ0v) is 19.0. The molecule has 1 aromatic heterocycles. The number of hydrogen-bond donors (Lipinski definition) is 2. The van der Waals surface area contributed by atoms with Crippen molar-refractivity contribution >= 4 is 45.2 Å². The largest absolute Gasteiger partial charge is 0.293 e. The van der Waals surface area contributed by atoms with Gasteiger partial charge in [0, 0.05) is 17.3 Å². The van der Waals surface area contributed by atoms with E-state index >= 15 is 0 Å². The van der Waals surface area contributed by atoms with Crippen LogP contribution in [0.5, 0.6) is 0 Å². The van der Waals surface area contributed by atoms with Crippen LogP contribution in [0.15, 0.2) is 53.7 Å². The van der Waals surface area contributed by atoms with Crippen molar-refractivity contribution in [2.24, 2.45) is 0 Å². The van der Waals surface area contributed by atoms with Gasteiger partial charge < -0.3 is 0 Å². The Labute approximate surface area is 189 Å². The fourth-order valence-electron chi connectivity index (χ4n) is 3.37. The van der Waals surface area contributed by atoms with Gasteiger partial charge >= 0.3 is 0 Å². The van der Waals surface area contributed by atoms with Gasteiger partial charge in [-0.3, -0.25) is 10.1 Å². The summed E-state index contributed by atoms with van der Waals surface area (Å²) >= 11 is 7.30. The third kappa shape index (κ3) is 5.27. The first-order valence-corrected chi connectivity index (χ1v) is 12.6. The first-order valence-electron chi connectivity index (χ1n) is 9.44. The zero-order chi connectivity index (χ0) is 22.0. The number of carbonyl (C=O) groups excluding carboxylic acids is 1. The van der Waals surface area contributed by atoms with Crippen LogP contribution in [-0.2, 0) is 33.5 Å². The van der Waals surface area contributed by atoms with Crippen molar-refractivity contribution in [1.82, 2.24) is 19.5 Å². The molecule has 1 amide bonds. The van der Waals surface area contributed by atoms with E-state index in [9.17, 15) is 13.2 Å². The van der Waals surface area contributed by atoms with E-state index < -0.39 is 22.0 Å². The van der Waals surface area contributed by atoms with E-state index in [1.165, 1.54) is 16.1 Å². The SMILES string of the molecule is CS(=O)(=O)N1Cc2ccccc2CC1C(=O)Nc1nc(SCc2ccc(Cl)cc2)n[nH]1. The summed E-state index contributed by atoms with van der Waals surface area (Å²) in [5.41, 5.74) is 2.92. The molecule has 11 heteroatoms. The number of hydrogen-bond acceptors (Lipinski definition) is 6. The molecule has 8 nitrogen and oxygen atoms in total. The molecule has 2 heterocycles. The first-order chi connectivity index (χ1) is 14.8. The summed E-state index contributed by atoms with van der Waals surface area (Å²) in [6.07, 6.45) is 1.41. The van der Waals surface area contributed by atoms with Crippen molar-refractivity contribution < 1.29 is 13.2 Å². The number of rotatable bonds is 6. The summed E-state index contributed by atoms with van der Waals surface area (Å²) in [5, 5.41) is 10.6. The number of fused-ring (bicyclic) bond motifs is 1. The van der Waals surface area contributed by atoms with Gasteiger partial charge in [-0.2, -0.15) is 9.29 Å². The number of amides is 1. The summed E-state index contributed by atoms with van der Waals surface area (Å²) in [4.78, 5) is 17.2. The molecule has 0 bridgehead atoms. The topological polar surface area (TPSA) is 108 Å². The molecule has 162 valence electrons. The van der Waals surface area contributed by atoms with Crippen LogP contribution in [0.1, 0.15) is 16.7 Å². The van der Waals surface area contributed by atoms with Gasteiger partial charge in [-0.25, -0.2) is 13.5 Å². The van der Waals surface area contributed by atoms with E-state index in [2.05, 4.69) is 20.5 Å². The van der Waals surface area contributed by atoms with Crippen LogP contribution in [-0.4, -0.2) is 46.1 Å². The number of H-pyrrole nitrogens is 1. The fraction of sp³-hybridized carbons (Fsp3) is 0.250. The molecule has 0 aliphatic carbocycles. The van der Waals surface area contributed by atoms with Crippen LogP contribution in [0, 0.1) is 0 Å². The van der Waals surface area contributed by atoms with Crippen LogP contribution in [0.3, 0.4) is 0 Å². The third-order valence-corrected chi connectivity index (χ3v) is 7.33. The monoisotopic (exact) mass is 477 g/mol. The van der Waals surface area contributed by atoms with Crippen molar-refractivity contribution in [2.75, 3.05) is 11.6 Å². The fourth-order valence-corrected chi connectivity index (χ4v) is 5.25. The molecule has 0 saturated carbocycles. The highest BCUT2D eigenvalue weighted by Gasteiger charge is 2.37. The Morgan fingerprint density at radius 1 is 1.23 bits per heavy atom. The van der Waals surface area contributed by atoms with Crippen LogP contribution in [0.4, 0.5) is 5.95 Å². The molecule has 1 atom stereocenters. The van der Waals surface area contributed by atoms with E-state index in [4.69, 9.17) is 11.6 Å². The molecule has 3 aromatic rings. The number of thioether (sulfide) groups is 1. The van der Waals surface area contributed by atoms with Crippen molar-refractivity contribution in [2.45, 2.75) is 29.9 Å². The van der Waals surface area contributed by atoms with Gasteiger partial charge in [-0.15, -0.1) is 5.10 Å². The molecule has 0 spiro atoms. The molecule has 1 unspecified atom stereocenters. The number of aromatic nitrogens is 3. The van der Waals surface area contributed by atoms with E-state index in [1.807, 2.05) is 48.5 Å². The number of carbonyl (C=O) groups is 1. The highest BCUT2D eigenvalue weighted by molar-refractivity contribution is 7.98. The minimum atomic E-state index is -3.58. The molecule has 1 aliphatic heterocycles. The Morgan fingerprint density at radius 3 is 2.65 bits per heavy atom. The lowest BCUT2D eigenvalue weighted by Crippen LogP contribution is -2.50. The summed E-state index contributed by atoms with van der Waals surface area (Å²) in [6, 6.07) is 14.1. The molecule has 0 radical (unpaired) electrons. The molecular formula is C20H20ClN5O3S2. The van der Waals surface area contributed by atoms with Gasteiger partial charge in [0.05, 0.1) is 6.26 Å². The molecular weight excluding hydrogens is 458 g/mol. The first kappa shape index (κ1) is 21.8. The van der Waals surface area contributed by atoms with Crippen molar-refractivity contribution in [3.8, 4) is 0 Å². The maximum atomic E-state index is 12.9. The lowest BCUT2D eigenvalue weighted by atomic mass is 9.95. The third-order valence-electron chi connectivity index (χ3n) is 4.92. The lowest BCUT2D eigenvalue weighted by Gasteiger charge is -2.33. The average molecular weight is 478 g/mol. The van der Waals surface area contributed by atoms with E-state index in [-0.39, 0.29) is 12.5 Å². The lowest BCUT2D eigenvalue weighted by molar-refractivity contribution is -0.120. The smallest absolute Gasteiger partial charge is 0.245 e. The number of sulfonamides is 1. The molecule has 2 aromatic carbocycles. The van der Waals surface area contributed by atoms with E-state index in [0.717, 1.165) is 22.9 Å². The zero-order valence-electron chi connectivity index (χ0n) is 16.6. The van der Waals surface area contributed by atoms with Crippen molar-refractivity contribution in [3.63, 3.8) is 0 Å². The Morgan fingerprint density at radius 2 is 1.94 bits per heavy atom. The molecule has 4 rings (SSSR count). The Kier molecular flexibility index (Phi) is 6.33. The van der Waals surface area contributed by atoms with Gasteiger partial charge in [-0.05, 0) is 35.2 Å². The van der Waals surface area contributed by atoms with Gasteiger partial charge in [0.2, 0.25) is 27.0 Å². The van der Waals surface area contributed by atoms with Crippen molar-refractivity contribution in [1.29, 1.82) is 0 Å². The quantitative estimate of drug-likeness (QED) is 0.528. The van der Waals surface area contributed by atoms with Gasteiger partial charge in [0.25, 0.3) is 0 Å². The van der Waals surface area contributed by atoms with Crippen molar-refractivity contribution in [3.05, 3.63) is 70.2 Å². The molecule has 1 aliphatic rings. The van der Waals surface area contributed by atoms with Crippen LogP contribution >= 0.6 is 23.4 Å².